The van der Waals surface area contributed by atoms with E-state index in [0.29, 0.717) is 22.6 Å². The molecule has 0 aliphatic heterocycles. The van der Waals surface area contributed by atoms with Crippen molar-refractivity contribution in [3.05, 3.63) is 83.3 Å². The number of likely N-dealkylation sites (N-methyl/N-ethyl adjacent to an activating group) is 1. The molecule has 160 valence electrons. The number of anilines is 1. The molecule has 0 unspecified atom stereocenters. The lowest BCUT2D eigenvalue weighted by Gasteiger charge is -2.20. The number of ether oxygens (including phenoxy) is 1. The van der Waals surface area contributed by atoms with Crippen molar-refractivity contribution in [2.75, 3.05) is 18.6 Å². The quantitative estimate of drug-likeness (QED) is 0.567. The fourth-order valence-corrected chi connectivity index (χ4v) is 2.81. The zero-order valence-corrected chi connectivity index (χ0v) is 17.1. The van der Waals surface area contributed by atoms with Crippen LogP contribution in [0.4, 0.5) is 5.69 Å². The number of carbonyl (C=O) groups is 3. The van der Waals surface area contributed by atoms with Gasteiger partial charge in [0.05, 0.1) is 29.6 Å². The topological polar surface area (TPSA) is 109 Å². The number of phenols is 1. The predicted molar refractivity (Wildman–Crippen MR) is 113 cm³/mol. The molecule has 2 aromatic carbocycles. The van der Waals surface area contributed by atoms with Gasteiger partial charge in [-0.05, 0) is 48.9 Å². The molecule has 3 aromatic rings. The van der Waals surface area contributed by atoms with Gasteiger partial charge >= 0.3 is 5.97 Å². The highest BCUT2D eigenvalue weighted by molar-refractivity contribution is 6.05. The summed E-state index contributed by atoms with van der Waals surface area (Å²) in [6.07, 6.45) is 1.52. The molecule has 0 atom stereocenters. The lowest BCUT2D eigenvalue weighted by Crippen LogP contribution is -2.33. The van der Waals surface area contributed by atoms with Crippen LogP contribution in [0, 0.1) is 6.92 Å². The number of para-hydroxylation sites is 1. The summed E-state index contributed by atoms with van der Waals surface area (Å²) in [5.74, 6) is -1.06. The van der Waals surface area contributed by atoms with Gasteiger partial charge in [0, 0.05) is 7.05 Å². The second kappa shape index (κ2) is 9.62. The summed E-state index contributed by atoms with van der Waals surface area (Å²) in [5, 5.41) is 12.5. The summed E-state index contributed by atoms with van der Waals surface area (Å²) in [5.41, 5.74) is 1.42. The predicted octanol–water partition coefficient (Wildman–Crippen LogP) is 3.04. The second-order valence-electron chi connectivity index (χ2n) is 6.81. The molecule has 8 nitrogen and oxygen atoms in total. The third kappa shape index (κ3) is 5.30. The molecule has 0 spiro atoms. The van der Waals surface area contributed by atoms with E-state index in [9.17, 15) is 19.5 Å². The number of furan rings is 1. The average Bonchev–Trinajstić information content (AvgIpc) is 3.30. The average molecular weight is 422 g/mol. The van der Waals surface area contributed by atoms with Crippen molar-refractivity contribution in [2.45, 2.75) is 13.5 Å². The first-order valence-electron chi connectivity index (χ1n) is 9.49. The van der Waals surface area contributed by atoms with Crippen LogP contribution < -0.4 is 10.2 Å². The molecule has 1 heterocycles. The SMILES string of the molecule is Cc1ccc(C(=O)OCC(=O)N(C)c2ccccc2C(=O)NCc2ccco2)cc1O. The molecule has 2 amide bonds. The van der Waals surface area contributed by atoms with Gasteiger partial charge in [0.2, 0.25) is 0 Å². The summed E-state index contributed by atoms with van der Waals surface area (Å²) in [6, 6.07) is 14.4. The zero-order valence-electron chi connectivity index (χ0n) is 17.1. The molecule has 0 radical (unpaired) electrons. The number of hydrogen-bond donors (Lipinski definition) is 2. The van der Waals surface area contributed by atoms with Crippen LogP contribution in [-0.2, 0) is 16.1 Å². The van der Waals surface area contributed by atoms with Crippen LogP contribution >= 0.6 is 0 Å². The van der Waals surface area contributed by atoms with Gasteiger partial charge in [-0.3, -0.25) is 9.59 Å². The maximum absolute atomic E-state index is 12.6. The lowest BCUT2D eigenvalue weighted by atomic mass is 10.1. The van der Waals surface area contributed by atoms with E-state index in [1.807, 2.05) is 0 Å². The highest BCUT2D eigenvalue weighted by Gasteiger charge is 2.20. The molecule has 3 rings (SSSR count). The summed E-state index contributed by atoms with van der Waals surface area (Å²) < 4.78 is 10.3. The number of amides is 2. The highest BCUT2D eigenvalue weighted by atomic mass is 16.5. The van der Waals surface area contributed by atoms with E-state index in [-0.39, 0.29) is 23.8 Å². The monoisotopic (exact) mass is 422 g/mol. The van der Waals surface area contributed by atoms with Gasteiger partial charge in [-0.2, -0.15) is 0 Å². The Bertz CT molecular complexity index is 1090. The summed E-state index contributed by atoms with van der Waals surface area (Å²) in [4.78, 5) is 38.6. The molecular formula is C23H22N2O6. The third-order valence-corrected chi connectivity index (χ3v) is 4.66. The molecular weight excluding hydrogens is 400 g/mol. The maximum atomic E-state index is 12.6. The number of phenolic OH excluding ortho intramolecular Hbond substituents is 1. The minimum absolute atomic E-state index is 0.0348. The van der Waals surface area contributed by atoms with Gasteiger partial charge in [0.25, 0.3) is 11.8 Å². The van der Waals surface area contributed by atoms with E-state index in [0.717, 1.165) is 0 Å². The largest absolute Gasteiger partial charge is 0.508 e. The number of esters is 1. The Labute approximate surface area is 179 Å². The number of rotatable bonds is 7. The number of hydrogen-bond acceptors (Lipinski definition) is 6. The molecule has 0 saturated carbocycles. The van der Waals surface area contributed by atoms with Crippen LogP contribution in [0.25, 0.3) is 0 Å². The first-order chi connectivity index (χ1) is 14.9. The van der Waals surface area contributed by atoms with Crippen LogP contribution in [0.3, 0.4) is 0 Å². The smallest absolute Gasteiger partial charge is 0.338 e. The van der Waals surface area contributed by atoms with E-state index in [2.05, 4.69) is 5.32 Å². The van der Waals surface area contributed by atoms with Gasteiger partial charge in [0.15, 0.2) is 6.61 Å². The Morgan fingerprint density at radius 1 is 1.10 bits per heavy atom. The molecule has 8 heteroatoms. The second-order valence-corrected chi connectivity index (χ2v) is 6.81. The van der Waals surface area contributed by atoms with Crippen LogP contribution in [0.15, 0.2) is 65.3 Å². The first-order valence-corrected chi connectivity index (χ1v) is 9.49. The number of aryl methyl sites for hydroxylation is 1. The summed E-state index contributed by atoms with van der Waals surface area (Å²) >= 11 is 0. The van der Waals surface area contributed by atoms with Crippen molar-refractivity contribution in [1.82, 2.24) is 5.32 Å². The number of carbonyl (C=O) groups excluding carboxylic acids is 3. The van der Waals surface area contributed by atoms with Gasteiger partial charge in [-0.15, -0.1) is 0 Å². The van der Waals surface area contributed by atoms with E-state index >= 15 is 0 Å². The molecule has 31 heavy (non-hydrogen) atoms. The van der Waals surface area contributed by atoms with Crippen molar-refractivity contribution in [1.29, 1.82) is 0 Å². The normalized spacial score (nSPS) is 10.4. The van der Waals surface area contributed by atoms with E-state index in [4.69, 9.17) is 9.15 Å². The maximum Gasteiger partial charge on any atom is 0.338 e. The van der Waals surface area contributed by atoms with Gasteiger partial charge in [-0.25, -0.2) is 4.79 Å². The molecule has 0 aliphatic rings. The number of nitrogens with zero attached hydrogens (tertiary/aromatic N) is 1. The van der Waals surface area contributed by atoms with E-state index in [1.54, 1.807) is 49.4 Å². The third-order valence-electron chi connectivity index (χ3n) is 4.66. The minimum Gasteiger partial charge on any atom is -0.508 e. The fraction of sp³-hybridized carbons (Fsp3) is 0.174. The Balaban J connectivity index is 1.64. The molecule has 0 bridgehead atoms. The summed E-state index contributed by atoms with van der Waals surface area (Å²) in [6.45, 7) is 1.39. The van der Waals surface area contributed by atoms with Crippen molar-refractivity contribution in [3.63, 3.8) is 0 Å². The standard InChI is InChI=1S/C23H22N2O6/c1-15-9-10-16(12-20(15)26)23(29)31-14-21(27)25(2)19-8-4-3-7-18(19)22(28)24-13-17-6-5-11-30-17/h3-12,26H,13-14H2,1-2H3,(H,24,28). The lowest BCUT2D eigenvalue weighted by molar-refractivity contribution is -0.121. The van der Waals surface area contributed by atoms with Crippen LogP contribution in [0.1, 0.15) is 32.0 Å². The minimum atomic E-state index is -0.735. The van der Waals surface area contributed by atoms with Crippen molar-refractivity contribution < 1.29 is 28.6 Å². The Morgan fingerprint density at radius 3 is 2.58 bits per heavy atom. The number of benzene rings is 2. The van der Waals surface area contributed by atoms with Crippen LogP contribution in [-0.4, -0.2) is 36.5 Å². The van der Waals surface area contributed by atoms with Crippen LogP contribution in [0.5, 0.6) is 5.75 Å². The summed E-state index contributed by atoms with van der Waals surface area (Å²) in [7, 11) is 1.49. The Kier molecular flexibility index (Phi) is 6.71. The van der Waals surface area contributed by atoms with E-state index in [1.165, 1.54) is 30.3 Å². The zero-order chi connectivity index (χ0) is 22.4. The number of nitrogens with one attached hydrogen (secondary N) is 1. The first kappa shape index (κ1) is 21.6. The Morgan fingerprint density at radius 2 is 1.87 bits per heavy atom. The molecule has 0 saturated heterocycles. The van der Waals surface area contributed by atoms with Crippen molar-refractivity contribution in [2.24, 2.45) is 0 Å². The highest BCUT2D eigenvalue weighted by Crippen LogP contribution is 2.21. The van der Waals surface area contributed by atoms with Gasteiger partial charge in [-0.1, -0.05) is 18.2 Å². The van der Waals surface area contributed by atoms with Gasteiger partial charge < -0.3 is 24.5 Å². The fourth-order valence-electron chi connectivity index (χ4n) is 2.81. The van der Waals surface area contributed by atoms with Crippen LogP contribution in [0.2, 0.25) is 0 Å². The molecule has 0 fully saturated rings. The van der Waals surface area contributed by atoms with E-state index < -0.39 is 18.5 Å². The molecule has 1 aromatic heterocycles. The van der Waals surface area contributed by atoms with Crippen molar-refractivity contribution >= 4 is 23.5 Å². The van der Waals surface area contributed by atoms with Gasteiger partial charge in [0.1, 0.15) is 11.5 Å². The molecule has 2 N–H and O–H groups in total. The molecule has 0 aliphatic carbocycles. The Hall–Kier alpha value is -4.07. The van der Waals surface area contributed by atoms with Crippen molar-refractivity contribution in [3.8, 4) is 5.75 Å². The number of aromatic hydroxyl groups is 1.